The quantitative estimate of drug-likeness (QED) is 0.626. The molecule has 52 valence electrons. The Labute approximate surface area is 59.4 Å². The molecule has 0 atom stereocenters. The number of aromatic nitrogens is 2. The summed E-state index contributed by atoms with van der Waals surface area (Å²) in [6, 6.07) is 0. The summed E-state index contributed by atoms with van der Waals surface area (Å²) in [5.41, 5.74) is 0. The third-order valence-corrected chi connectivity index (χ3v) is 1.62. The van der Waals surface area contributed by atoms with Gasteiger partial charge in [-0.25, -0.2) is 4.98 Å². The van der Waals surface area contributed by atoms with Crippen molar-refractivity contribution in [3.05, 3.63) is 24.8 Å². The second kappa shape index (κ2) is 2.17. The van der Waals surface area contributed by atoms with Crippen LogP contribution in [0.15, 0.2) is 24.8 Å². The molecule has 1 N–H and O–H groups in total. The van der Waals surface area contributed by atoms with E-state index in [1.165, 1.54) is 0 Å². The van der Waals surface area contributed by atoms with Crippen LogP contribution < -0.4 is 4.90 Å². The molecule has 0 radical (unpaired) electrons. The van der Waals surface area contributed by atoms with E-state index in [4.69, 9.17) is 0 Å². The summed E-state index contributed by atoms with van der Waals surface area (Å²) < 4.78 is 0. The lowest BCUT2D eigenvalue weighted by Gasteiger charge is -2.10. The normalized spacial score (nSPS) is 16.6. The van der Waals surface area contributed by atoms with Crippen LogP contribution in [0.2, 0.25) is 0 Å². The number of hydrogen-bond donors (Lipinski definition) is 1. The Morgan fingerprint density at radius 3 is 3.20 bits per heavy atom. The zero-order valence-electron chi connectivity index (χ0n) is 5.62. The molecule has 3 heteroatoms. The second-order valence-corrected chi connectivity index (χ2v) is 2.30. The average molecular weight is 135 g/mol. The van der Waals surface area contributed by atoms with Crippen LogP contribution in [0.3, 0.4) is 0 Å². The average Bonchev–Trinajstić information content (AvgIpc) is 2.59. The van der Waals surface area contributed by atoms with Gasteiger partial charge in [0.15, 0.2) is 0 Å². The number of imidazole rings is 1. The van der Waals surface area contributed by atoms with E-state index in [-0.39, 0.29) is 0 Å². The number of nitrogens with one attached hydrogen (secondary N) is 1. The van der Waals surface area contributed by atoms with E-state index in [0.29, 0.717) is 0 Å². The number of anilines is 1. The minimum Gasteiger partial charge on any atom is -0.333 e. The van der Waals surface area contributed by atoms with E-state index in [1.54, 1.807) is 6.33 Å². The van der Waals surface area contributed by atoms with Crippen LogP contribution in [0.1, 0.15) is 6.42 Å². The third kappa shape index (κ3) is 0.795. The first-order valence-electron chi connectivity index (χ1n) is 3.38. The van der Waals surface area contributed by atoms with Gasteiger partial charge in [0.05, 0.1) is 12.5 Å². The second-order valence-electron chi connectivity index (χ2n) is 2.30. The van der Waals surface area contributed by atoms with Crippen molar-refractivity contribution < 1.29 is 0 Å². The monoisotopic (exact) mass is 135 g/mol. The van der Waals surface area contributed by atoms with Crippen molar-refractivity contribution in [3.8, 4) is 0 Å². The molecule has 0 fully saturated rings. The Morgan fingerprint density at radius 2 is 2.60 bits per heavy atom. The van der Waals surface area contributed by atoms with Crippen molar-refractivity contribution in [2.45, 2.75) is 6.42 Å². The van der Waals surface area contributed by atoms with Gasteiger partial charge in [0.2, 0.25) is 0 Å². The van der Waals surface area contributed by atoms with E-state index >= 15 is 0 Å². The van der Waals surface area contributed by atoms with Crippen molar-refractivity contribution in [1.82, 2.24) is 9.97 Å². The first kappa shape index (κ1) is 5.53. The van der Waals surface area contributed by atoms with Gasteiger partial charge in [0, 0.05) is 12.7 Å². The van der Waals surface area contributed by atoms with Crippen LogP contribution in [0, 0.1) is 0 Å². The summed E-state index contributed by atoms with van der Waals surface area (Å²) in [6.07, 6.45) is 8.89. The van der Waals surface area contributed by atoms with Crippen LogP contribution in [0.5, 0.6) is 0 Å². The Morgan fingerprint density at radius 1 is 1.60 bits per heavy atom. The molecule has 2 rings (SSSR count). The van der Waals surface area contributed by atoms with Crippen molar-refractivity contribution in [1.29, 1.82) is 0 Å². The lowest BCUT2D eigenvalue weighted by atomic mass is 10.5. The Balaban J connectivity index is 2.20. The maximum absolute atomic E-state index is 3.94. The van der Waals surface area contributed by atoms with Gasteiger partial charge in [0.25, 0.3) is 0 Å². The number of hydrogen-bond acceptors (Lipinski definition) is 2. The van der Waals surface area contributed by atoms with E-state index in [0.717, 1.165) is 18.8 Å². The number of H-pyrrole nitrogens is 1. The molecule has 0 saturated carbocycles. The molecule has 1 aliphatic heterocycles. The zero-order chi connectivity index (χ0) is 6.81. The summed E-state index contributed by atoms with van der Waals surface area (Å²) in [4.78, 5) is 9.12. The first-order chi connectivity index (χ1) is 4.97. The van der Waals surface area contributed by atoms with E-state index < -0.39 is 0 Å². The molecule has 1 aromatic heterocycles. The third-order valence-electron chi connectivity index (χ3n) is 1.62. The predicted molar refractivity (Wildman–Crippen MR) is 39.7 cm³/mol. The van der Waals surface area contributed by atoms with Crippen molar-refractivity contribution in [2.24, 2.45) is 0 Å². The van der Waals surface area contributed by atoms with Gasteiger partial charge in [-0.05, 0) is 6.42 Å². The smallest absolute Gasteiger partial charge is 0.129 e. The number of nitrogens with zero attached hydrogens (tertiary/aromatic N) is 2. The molecule has 2 heterocycles. The highest BCUT2D eigenvalue weighted by Gasteiger charge is 2.06. The van der Waals surface area contributed by atoms with Gasteiger partial charge < -0.3 is 9.88 Å². The highest BCUT2D eigenvalue weighted by Crippen LogP contribution is 2.13. The molecule has 0 unspecified atom stereocenters. The van der Waals surface area contributed by atoms with Gasteiger partial charge in [-0.3, -0.25) is 0 Å². The fourth-order valence-corrected chi connectivity index (χ4v) is 1.10. The zero-order valence-corrected chi connectivity index (χ0v) is 5.62. The van der Waals surface area contributed by atoms with E-state index in [1.807, 2.05) is 6.20 Å². The molecule has 0 bridgehead atoms. The van der Waals surface area contributed by atoms with Gasteiger partial charge in [-0.1, -0.05) is 6.08 Å². The molecule has 0 aromatic carbocycles. The topological polar surface area (TPSA) is 31.9 Å². The van der Waals surface area contributed by atoms with Gasteiger partial charge in [0.1, 0.15) is 5.82 Å². The largest absolute Gasteiger partial charge is 0.333 e. The molecule has 0 spiro atoms. The minimum atomic E-state index is 1.07. The van der Waals surface area contributed by atoms with Crippen LogP contribution in [-0.2, 0) is 0 Å². The highest BCUT2D eigenvalue weighted by atomic mass is 15.2. The number of aromatic amines is 1. The lowest BCUT2D eigenvalue weighted by molar-refractivity contribution is 0.980. The molecular weight excluding hydrogens is 126 g/mol. The minimum absolute atomic E-state index is 1.07. The molecule has 0 aliphatic carbocycles. The lowest BCUT2D eigenvalue weighted by Crippen LogP contribution is -2.11. The SMILES string of the molecule is C1=CN(c2cnc[nH]2)CC1. The fraction of sp³-hybridized carbons (Fsp3) is 0.286. The van der Waals surface area contributed by atoms with Crippen molar-refractivity contribution >= 4 is 5.82 Å². The van der Waals surface area contributed by atoms with Crippen LogP contribution in [-0.4, -0.2) is 16.5 Å². The molecule has 1 aliphatic rings. The van der Waals surface area contributed by atoms with Gasteiger partial charge in [-0.15, -0.1) is 0 Å². The van der Waals surface area contributed by atoms with Crippen LogP contribution >= 0.6 is 0 Å². The first-order valence-corrected chi connectivity index (χ1v) is 3.38. The molecule has 0 amide bonds. The fourth-order valence-electron chi connectivity index (χ4n) is 1.10. The summed E-state index contributed by atoms with van der Waals surface area (Å²) in [6.45, 7) is 1.07. The molecule has 3 nitrogen and oxygen atoms in total. The molecule has 0 saturated heterocycles. The van der Waals surface area contributed by atoms with E-state index in [2.05, 4.69) is 27.1 Å². The standard InChI is InChI=1S/C7H9N3/c1-2-4-10(3-1)7-5-8-6-9-7/h1,3,5-6H,2,4H2,(H,8,9). The maximum Gasteiger partial charge on any atom is 0.129 e. The van der Waals surface area contributed by atoms with Crippen LogP contribution in [0.4, 0.5) is 5.82 Å². The Bertz CT molecular complexity index is 225. The van der Waals surface area contributed by atoms with Gasteiger partial charge >= 0.3 is 0 Å². The van der Waals surface area contributed by atoms with Gasteiger partial charge in [-0.2, -0.15) is 0 Å². The summed E-state index contributed by atoms with van der Waals surface area (Å²) in [5, 5.41) is 0. The molecule has 10 heavy (non-hydrogen) atoms. The maximum atomic E-state index is 3.94. The molecular formula is C7H9N3. The van der Waals surface area contributed by atoms with E-state index in [9.17, 15) is 0 Å². The predicted octanol–water partition coefficient (Wildman–Crippen LogP) is 1.13. The van der Waals surface area contributed by atoms with Crippen LogP contribution in [0.25, 0.3) is 0 Å². The molecule has 1 aromatic rings. The Kier molecular flexibility index (Phi) is 1.20. The summed E-state index contributed by atoms with van der Waals surface area (Å²) in [7, 11) is 0. The Hall–Kier alpha value is -1.25. The summed E-state index contributed by atoms with van der Waals surface area (Å²) in [5.74, 6) is 1.08. The number of rotatable bonds is 1. The van der Waals surface area contributed by atoms with Crippen molar-refractivity contribution in [3.63, 3.8) is 0 Å². The summed E-state index contributed by atoms with van der Waals surface area (Å²) >= 11 is 0. The highest BCUT2D eigenvalue weighted by molar-refractivity contribution is 5.41. The van der Waals surface area contributed by atoms with Crippen molar-refractivity contribution in [2.75, 3.05) is 11.4 Å².